The van der Waals surface area contributed by atoms with E-state index in [0.717, 1.165) is 0 Å². The van der Waals surface area contributed by atoms with Crippen molar-refractivity contribution in [3.05, 3.63) is 0 Å². The van der Waals surface area contributed by atoms with Crippen LogP contribution in [-0.4, -0.2) is 52.1 Å². The van der Waals surface area contributed by atoms with Crippen LogP contribution in [0.15, 0.2) is 0 Å². The maximum absolute atomic E-state index is 7.57. The van der Waals surface area contributed by atoms with Gasteiger partial charge in [-0.1, -0.05) is 0 Å². The Hall–Kier alpha value is 1.55. The van der Waals surface area contributed by atoms with Crippen LogP contribution in [0.3, 0.4) is 0 Å². The summed E-state index contributed by atoms with van der Waals surface area (Å²) in [5.74, 6) is 0. The first-order chi connectivity index (χ1) is 1.41. The number of hydrogen-bond donors (Lipinski definition) is 1. The normalized spacial score (nSPS) is 3.00. The molecule has 0 saturated heterocycles. The van der Waals surface area contributed by atoms with Gasteiger partial charge >= 0.3 is 40.4 Å². The topological polar surface area (TPSA) is 20.2 Å². The van der Waals surface area contributed by atoms with Gasteiger partial charge in [-0.3, -0.25) is 0 Å². The van der Waals surface area contributed by atoms with Crippen molar-refractivity contribution < 1.29 is 17.5 Å². The molecule has 0 atom stereocenters. The Bertz CT molecular complexity index is 13.5. The fraction of sp³-hybridized carbons (Fsp3) is 1.00. The van der Waals surface area contributed by atoms with E-state index >= 15 is 0 Å². The molecule has 1 N–H and O–H groups in total. The molecular weight excluding hydrogens is 127 g/mol. The van der Waals surface area contributed by atoms with Crippen LogP contribution < -0.4 is 12.4 Å². The van der Waals surface area contributed by atoms with Crippen molar-refractivity contribution >= 4 is 40.4 Å². The van der Waals surface area contributed by atoms with Crippen molar-refractivity contribution in [1.29, 1.82) is 0 Å². The smallest absolute Gasteiger partial charge is 1.00 e. The predicted octanol–water partition coefficient (Wildman–Crippen LogP) is -3.76. The van der Waals surface area contributed by atoms with Crippen LogP contribution in [0.4, 0.5) is 0 Å². The fourth-order valence-corrected chi connectivity index (χ4v) is 0. The van der Waals surface area contributed by atoms with Crippen molar-refractivity contribution in [2.24, 2.45) is 0 Å². The van der Waals surface area contributed by atoms with Gasteiger partial charge in [0.15, 0.2) is 0 Å². The van der Waals surface area contributed by atoms with Crippen LogP contribution in [-0.2, 0) is 0 Å². The summed E-state index contributed by atoms with van der Waals surface area (Å²) in [6.07, 6.45) is 0. The molecule has 4 heteroatoms. The summed E-state index contributed by atoms with van der Waals surface area (Å²) >= 11 is 0. The van der Waals surface area contributed by atoms with Gasteiger partial charge in [0.1, 0.15) is 0 Å². The van der Waals surface area contributed by atoms with E-state index in [1.165, 1.54) is 0 Å². The zero-order valence-electron chi connectivity index (χ0n) is 3.82. The molecule has 0 aliphatic rings. The Labute approximate surface area is 71.2 Å². The minimum atomic E-state index is 0. The van der Waals surface area contributed by atoms with Crippen LogP contribution in [0.1, 0.15) is 6.92 Å². The summed E-state index contributed by atoms with van der Waals surface area (Å²) < 4.78 is 0. The van der Waals surface area contributed by atoms with E-state index < -0.39 is 0 Å². The zero-order valence-corrected chi connectivity index (χ0v) is 7.14. The maximum Gasteiger partial charge on any atom is 3.00 e. The van der Waals surface area contributed by atoms with Gasteiger partial charge < -0.3 is 17.5 Å². The SMILES string of the molecule is CCO.[Al+3].[Cl-].[Mg+2]. The van der Waals surface area contributed by atoms with Crippen LogP contribution in [0.2, 0.25) is 0 Å². The van der Waals surface area contributed by atoms with E-state index in [9.17, 15) is 0 Å². The van der Waals surface area contributed by atoms with Crippen molar-refractivity contribution in [1.82, 2.24) is 0 Å². The molecule has 0 saturated carbocycles. The minimum absolute atomic E-state index is 0. The summed E-state index contributed by atoms with van der Waals surface area (Å²) in [6, 6.07) is 0. The Kier molecular flexibility index (Phi) is 133. The number of aliphatic hydroxyl groups excluding tert-OH is 1. The van der Waals surface area contributed by atoms with Crippen molar-refractivity contribution in [3.8, 4) is 0 Å². The second-order valence-electron chi connectivity index (χ2n) is 0.316. The maximum atomic E-state index is 7.57. The molecule has 0 aliphatic carbocycles. The third kappa shape index (κ3) is 47.9. The third-order valence-electron chi connectivity index (χ3n) is 0. The molecule has 0 rings (SSSR count). The standard InChI is InChI=1S/C2H6O.Al.ClH.Mg/c1-2-3;;;/h3H,2H2,1H3;;1H;/q;+3;;+2/p-1. The summed E-state index contributed by atoms with van der Waals surface area (Å²) in [4.78, 5) is 0. The number of halogens is 1. The van der Waals surface area contributed by atoms with Gasteiger partial charge in [-0.15, -0.1) is 0 Å². The van der Waals surface area contributed by atoms with Gasteiger partial charge in [0, 0.05) is 6.61 Å². The molecule has 0 aromatic heterocycles. The van der Waals surface area contributed by atoms with E-state index in [1.54, 1.807) is 6.92 Å². The molecule has 28 valence electrons. The van der Waals surface area contributed by atoms with Crippen LogP contribution >= 0.6 is 0 Å². The van der Waals surface area contributed by atoms with Gasteiger partial charge in [-0.25, -0.2) is 0 Å². The Morgan fingerprint density at radius 3 is 1.50 bits per heavy atom. The van der Waals surface area contributed by atoms with Gasteiger partial charge in [-0.05, 0) is 6.92 Å². The van der Waals surface area contributed by atoms with E-state index in [-0.39, 0.29) is 59.4 Å². The predicted molar refractivity (Wildman–Crippen MR) is 24.3 cm³/mol. The van der Waals surface area contributed by atoms with Gasteiger partial charge in [0.05, 0.1) is 0 Å². The van der Waals surface area contributed by atoms with Gasteiger partial charge in [0.25, 0.3) is 0 Å². The molecule has 0 fully saturated rings. The van der Waals surface area contributed by atoms with Gasteiger partial charge in [-0.2, -0.15) is 0 Å². The first-order valence-electron chi connectivity index (χ1n) is 1.02. The van der Waals surface area contributed by atoms with Crippen LogP contribution in [0.5, 0.6) is 0 Å². The summed E-state index contributed by atoms with van der Waals surface area (Å²) in [7, 11) is 0. The first kappa shape index (κ1) is 25.7. The molecule has 6 heavy (non-hydrogen) atoms. The second kappa shape index (κ2) is 31.0. The molecule has 0 radical (unpaired) electrons. The molecule has 0 spiro atoms. The average molecular weight is 133 g/mol. The molecule has 0 unspecified atom stereocenters. The molecule has 0 aliphatic heterocycles. The van der Waals surface area contributed by atoms with Crippen LogP contribution in [0.25, 0.3) is 0 Å². The third-order valence-corrected chi connectivity index (χ3v) is 0. The number of aliphatic hydroxyl groups is 1. The monoisotopic (exact) mass is 132 g/mol. The molecule has 0 bridgehead atoms. The second-order valence-corrected chi connectivity index (χ2v) is 0.316. The number of rotatable bonds is 0. The number of hydrogen-bond acceptors (Lipinski definition) is 1. The molecule has 0 heterocycles. The van der Waals surface area contributed by atoms with Gasteiger partial charge in [0.2, 0.25) is 0 Å². The van der Waals surface area contributed by atoms with Crippen LogP contribution in [0, 0.1) is 0 Å². The van der Waals surface area contributed by atoms with E-state index in [4.69, 9.17) is 5.11 Å². The molecular formula is C2H6AlClMgO+4. The van der Waals surface area contributed by atoms with E-state index in [0.29, 0.717) is 0 Å². The summed E-state index contributed by atoms with van der Waals surface area (Å²) in [5.41, 5.74) is 0. The Balaban J connectivity index is -0.00000000667. The fourth-order valence-electron chi connectivity index (χ4n) is 0. The molecule has 0 aromatic rings. The Morgan fingerprint density at radius 2 is 1.50 bits per heavy atom. The van der Waals surface area contributed by atoms with Crippen molar-refractivity contribution in [3.63, 3.8) is 0 Å². The van der Waals surface area contributed by atoms with Crippen molar-refractivity contribution in [2.45, 2.75) is 6.92 Å². The van der Waals surface area contributed by atoms with E-state index in [2.05, 4.69) is 0 Å². The van der Waals surface area contributed by atoms with E-state index in [1.807, 2.05) is 0 Å². The largest absolute Gasteiger partial charge is 3.00 e. The summed E-state index contributed by atoms with van der Waals surface area (Å²) in [5, 5.41) is 7.57. The summed E-state index contributed by atoms with van der Waals surface area (Å²) in [6.45, 7) is 1.93. The minimum Gasteiger partial charge on any atom is -1.00 e. The first-order valence-corrected chi connectivity index (χ1v) is 1.02. The van der Waals surface area contributed by atoms with Crippen molar-refractivity contribution in [2.75, 3.05) is 6.61 Å². The average Bonchev–Trinajstić information content (AvgIpc) is 0.918. The quantitative estimate of drug-likeness (QED) is 0.336. The molecule has 1 nitrogen and oxygen atoms in total. The molecule has 0 amide bonds. The Morgan fingerprint density at radius 1 is 1.50 bits per heavy atom. The molecule has 0 aromatic carbocycles. The zero-order chi connectivity index (χ0) is 2.71.